The van der Waals surface area contributed by atoms with Gasteiger partial charge in [-0.3, -0.25) is 10.1 Å². The summed E-state index contributed by atoms with van der Waals surface area (Å²) in [5.41, 5.74) is 2.41. The number of aromatic nitrogens is 3. The lowest BCUT2D eigenvalue weighted by Crippen LogP contribution is -2.51. The minimum absolute atomic E-state index is 0.0555. The molecule has 2 N–H and O–H groups in total. The highest BCUT2D eigenvalue weighted by Crippen LogP contribution is 2.19. The van der Waals surface area contributed by atoms with Crippen LogP contribution >= 0.6 is 0 Å². The maximum atomic E-state index is 12.5. The van der Waals surface area contributed by atoms with E-state index in [0.717, 1.165) is 11.3 Å². The molecular formula is C19H20N6O3S. The van der Waals surface area contributed by atoms with Crippen molar-refractivity contribution in [3.8, 4) is 11.3 Å². The van der Waals surface area contributed by atoms with Crippen LogP contribution in [0.25, 0.3) is 11.3 Å². The van der Waals surface area contributed by atoms with E-state index in [4.69, 9.17) is 0 Å². The number of H-pyrrole nitrogens is 1. The van der Waals surface area contributed by atoms with E-state index in [1.807, 2.05) is 36.4 Å². The lowest BCUT2D eigenvalue weighted by molar-refractivity contribution is 0.184. The summed E-state index contributed by atoms with van der Waals surface area (Å²) < 4.78 is 26.3. The number of nitrogens with one attached hydrogen (secondary N) is 2. The third-order valence-corrected chi connectivity index (χ3v) is 6.53. The summed E-state index contributed by atoms with van der Waals surface area (Å²) in [7, 11) is -3.61. The highest BCUT2D eigenvalue weighted by atomic mass is 32.2. The number of rotatable bonds is 4. The molecule has 3 heterocycles. The molecule has 3 aromatic rings. The van der Waals surface area contributed by atoms with Gasteiger partial charge in [0, 0.05) is 31.7 Å². The van der Waals surface area contributed by atoms with Crippen LogP contribution in [0.2, 0.25) is 0 Å². The number of nitrogens with zero attached hydrogens (tertiary/aromatic N) is 4. The van der Waals surface area contributed by atoms with Crippen LogP contribution in [0.5, 0.6) is 0 Å². The number of carbonyl (C=O) groups is 1. The van der Waals surface area contributed by atoms with E-state index in [1.54, 1.807) is 17.2 Å². The molecule has 2 aromatic heterocycles. The van der Waals surface area contributed by atoms with Crippen LogP contribution < -0.4 is 5.32 Å². The Hall–Kier alpha value is -3.24. The molecule has 150 valence electrons. The van der Waals surface area contributed by atoms with E-state index in [0.29, 0.717) is 18.8 Å². The van der Waals surface area contributed by atoms with Crippen LogP contribution in [0.1, 0.15) is 0 Å². The summed E-state index contributed by atoms with van der Waals surface area (Å²) in [6, 6.07) is 14.6. The Morgan fingerprint density at radius 2 is 1.76 bits per heavy atom. The number of hydrogen-bond acceptors (Lipinski definition) is 5. The zero-order valence-electron chi connectivity index (χ0n) is 15.5. The molecule has 1 aliphatic heterocycles. The monoisotopic (exact) mass is 412 g/mol. The smallest absolute Gasteiger partial charge is 0.321 e. The van der Waals surface area contributed by atoms with Crippen LogP contribution in [0.15, 0.2) is 66.0 Å². The first-order valence-electron chi connectivity index (χ1n) is 9.11. The Bertz CT molecular complexity index is 1060. The quantitative estimate of drug-likeness (QED) is 0.681. The Morgan fingerprint density at radius 1 is 1.00 bits per heavy atom. The zero-order chi connectivity index (χ0) is 20.3. The minimum atomic E-state index is -3.61. The zero-order valence-corrected chi connectivity index (χ0v) is 16.3. The summed E-state index contributed by atoms with van der Waals surface area (Å²) in [5.74, 6) is 0. The first-order chi connectivity index (χ1) is 14.0. The summed E-state index contributed by atoms with van der Waals surface area (Å²) in [6.07, 6.45) is 3.01. The van der Waals surface area contributed by atoms with Gasteiger partial charge in [0.15, 0.2) is 5.03 Å². The molecule has 4 rings (SSSR count). The van der Waals surface area contributed by atoms with Crippen molar-refractivity contribution < 1.29 is 13.2 Å². The molecule has 1 aliphatic rings. The van der Waals surface area contributed by atoms with E-state index in [9.17, 15) is 13.2 Å². The normalized spacial score (nSPS) is 15.2. The molecule has 0 radical (unpaired) electrons. The van der Waals surface area contributed by atoms with Crippen LogP contribution in [0, 0.1) is 0 Å². The number of piperazine rings is 1. The van der Waals surface area contributed by atoms with Crippen molar-refractivity contribution in [2.24, 2.45) is 0 Å². The fourth-order valence-electron chi connectivity index (χ4n) is 3.11. The molecule has 0 aliphatic carbocycles. The van der Waals surface area contributed by atoms with E-state index >= 15 is 0 Å². The number of sulfonamides is 1. The SMILES string of the molecule is O=C(Nc1ccc(-c2ccccc2)nc1)N1CCN(S(=O)(=O)c2ccn[nH]2)CC1. The lowest BCUT2D eigenvalue weighted by atomic mass is 10.1. The van der Waals surface area contributed by atoms with Gasteiger partial charge in [-0.25, -0.2) is 13.2 Å². The molecule has 0 bridgehead atoms. The molecule has 0 unspecified atom stereocenters. The van der Waals surface area contributed by atoms with Gasteiger partial charge in [-0.05, 0) is 18.2 Å². The fraction of sp³-hybridized carbons (Fsp3) is 0.211. The molecule has 0 atom stereocenters. The number of pyridine rings is 1. The van der Waals surface area contributed by atoms with Gasteiger partial charge in [0.25, 0.3) is 10.0 Å². The number of carbonyl (C=O) groups excluding carboxylic acids is 1. The number of amides is 2. The molecule has 1 aromatic carbocycles. The molecule has 9 nitrogen and oxygen atoms in total. The van der Waals surface area contributed by atoms with Crippen molar-refractivity contribution >= 4 is 21.7 Å². The maximum Gasteiger partial charge on any atom is 0.321 e. The Kier molecular flexibility index (Phi) is 5.28. The Balaban J connectivity index is 1.34. The highest BCUT2D eigenvalue weighted by molar-refractivity contribution is 7.89. The molecule has 1 saturated heterocycles. The second kappa shape index (κ2) is 8.02. The van der Waals surface area contributed by atoms with E-state index in [1.165, 1.54) is 16.6 Å². The summed E-state index contributed by atoms with van der Waals surface area (Å²) in [6.45, 7) is 1.05. The van der Waals surface area contributed by atoms with E-state index < -0.39 is 10.0 Å². The van der Waals surface area contributed by atoms with Crippen molar-refractivity contribution in [1.82, 2.24) is 24.4 Å². The van der Waals surface area contributed by atoms with Crippen molar-refractivity contribution in [2.75, 3.05) is 31.5 Å². The van der Waals surface area contributed by atoms with Crippen LogP contribution in [-0.4, -0.2) is 65.0 Å². The van der Waals surface area contributed by atoms with Gasteiger partial charge in [-0.15, -0.1) is 0 Å². The molecule has 29 heavy (non-hydrogen) atoms. The molecule has 2 amide bonds. The molecule has 10 heteroatoms. The number of hydrogen-bond donors (Lipinski definition) is 2. The van der Waals surface area contributed by atoms with Gasteiger partial charge in [0.2, 0.25) is 0 Å². The van der Waals surface area contributed by atoms with Gasteiger partial charge >= 0.3 is 6.03 Å². The average Bonchev–Trinajstić information content (AvgIpc) is 3.31. The third kappa shape index (κ3) is 4.13. The van der Waals surface area contributed by atoms with Gasteiger partial charge in [-0.1, -0.05) is 30.3 Å². The summed E-state index contributed by atoms with van der Waals surface area (Å²) >= 11 is 0. The van der Waals surface area contributed by atoms with Crippen molar-refractivity contribution in [2.45, 2.75) is 5.03 Å². The highest BCUT2D eigenvalue weighted by Gasteiger charge is 2.30. The third-order valence-electron chi connectivity index (χ3n) is 4.70. The predicted octanol–water partition coefficient (Wildman–Crippen LogP) is 2.01. The summed E-state index contributed by atoms with van der Waals surface area (Å²) in [4.78, 5) is 18.5. The number of aromatic amines is 1. The number of anilines is 1. The van der Waals surface area contributed by atoms with Gasteiger partial charge in [-0.2, -0.15) is 9.40 Å². The topological polar surface area (TPSA) is 111 Å². The van der Waals surface area contributed by atoms with Crippen LogP contribution in [0.4, 0.5) is 10.5 Å². The van der Waals surface area contributed by atoms with Gasteiger partial charge in [0.05, 0.1) is 23.8 Å². The van der Waals surface area contributed by atoms with Crippen molar-refractivity contribution in [1.29, 1.82) is 0 Å². The first-order valence-corrected chi connectivity index (χ1v) is 10.5. The summed E-state index contributed by atoms with van der Waals surface area (Å²) in [5, 5.41) is 9.03. The molecule has 0 spiro atoms. The van der Waals surface area contributed by atoms with E-state index in [-0.39, 0.29) is 24.1 Å². The molecule has 1 fully saturated rings. The fourth-order valence-corrected chi connectivity index (χ4v) is 4.43. The Labute approximate surface area is 168 Å². The second-order valence-corrected chi connectivity index (χ2v) is 8.45. The standard InChI is InChI=1S/C19H20N6O3S/c26-19(22-16-6-7-17(20-14-16)15-4-2-1-3-5-15)24-10-12-25(13-11-24)29(27,28)18-8-9-21-23-18/h1-9,14H,10-13H2,(H,21,23)(H,22,26). The number of benzene rings is 1. The van der Waals surface area contributed by atoms with Gasteiger partial charge in [0.1, 0.15) is 0 Å². The van der Waals surface area contributed by atoms with Crippen LogP contribution in [0.3, 0.4) is 0 Å². The number of urea groups is 1. The second-order valence-electron chi connectivity index (χ2n) is 6.54. The van der Waals surface area contributed by atoms with Crippen LogP contribution in [-0.2, 0) is 10.0 Å². The van der Waals surface area contributed by atoms with Gasteiger partial charge < -0.3 is 10.2 Å². The van der Waals surface area contributed by atoms with Crippen molar-refractivity contribution in [3.63, 3.8) is 0 Å². The minimum Gasteiger partial charge on any atom is -0.322 e. The average molecular weight is 412 g/mol. The lowest BCUT2D eigenvalue weighted by Gasteiger charge is -2.33. The first kappa shape index (κ1) is 19.1. The van der Waals surface area contributed by atoms with E-state index in [2.05, 4.69) is 20.5 Å². The Morgan fingerprint density at radius 3 is 2.38 bits per heavy atom. The predicted molar refractivity (Wildman–Crippen MR) is 108 cm³/mol. The largest absolute Gasteiger partial charge is 0.322 e. The maximum absolute atomic E-state index is 12.5. The molecule has 0 saturated carbocycles. The molecular weight excluding hydrogens is 392 g/mol. The van der Waals surface area contributed by atoms with Crippen molar-refractivity contribution in [3.05, 3.63) is 60.9 Å².